The Labute approximate surface area is 134 Å². The Morgan fingerprint density at radius 3 is 2.73 bits per heavy atom. The zero-order valence-electron chi connectivity index (χ0n) is 12.3. The fourth-order valence-electron chi connectivity index (χ4n) is 2.01. The Balaban J connectivity index is 1.99. The molecule has 0 saturated carbocycles. The fraction of sp³-hybridized carbons (Fsp3) is 0.267. The molecule has 2 N–H and O–H groups in total. The molecule has 5 nitrogen and oxygen atoms in total. The molecule has 0 aliphatic heterocycles. The van der Waals surface area contributed by atoms with E-state index in [0.29, 0.717) is 13.0 Å². The van der Waals surface area contributed by atoms with Crippen LogP contribution in [0.5, 0.6) is 0 Å². The molecule has 2 rings (SSSR count). The number of nitrogens with one attached hydrogen (secondary N) is 1. The Bertz CT molecular complexity index is 737. The lowest BCUT2D eigenvalue weighted by molar-refractivity contribution is -0.699. The zero-order valence-corrected chi connectivity index (χ0v) is 13.9. The van der Waals surface area contributed by atoms with Crippen LogP contribution in [0.3, 0.4) is 0 Å². The van der Waals surface area contributed by atoms with Crippen LogP contribution in [0.25, 0.3) is 6.08 Å². The van der Waals surface area contributed by atoms with E-state index in [1.54, 1.807) is 11.3 Å². The summed E-state index contributed by atoms with van der Waals surface area (Å²) in [4.78, 5) is 0. The van der Waals surface area contributed by atoms with E-state index in [4.69, 9.17) is 4.55 Å². The highest BCUT2D eigenvalue weighted by Crippen LogP contribution is 2.11. The van der Waals surface area contributed by atoms with Crippen LogP contribution in [-0.4, -0.2) is 18.7 Å². The molecule has 0 saturated heterocycles. The number of hydrogen-bond acceptors (Lipinski definition) is 4. The van der Waals surface area contributed by atoms with Crippen LogP contribution in [0.15, 0.2) is 41.9 Å². The second kappa shape index (κ2) is 7.53. The fourth-order valence-corrected chi connectivity index (χ4v) is 3.43. The zero-order chi connectivity index (χ0) is 16.0. The maximum Gasteiger partial charge on any atom is 0.265 e. The van der Waals surface area contributed by atoms with Crippen molar-refractivity contribution in [2.45, 2.75) is 19.9 Å². The lowest BCUT2D eigenvalue weighted by Gasteiger charge is -1.99. The molecule has 0 fully saturated rings. The number of anilines is 1. The van der Waals surface area contributed by atoms with Crippen molar-refractivity contribution >= 4 is 33.2 Å². The van der Waals surface area contributed by atoms with E-state index in [2.05, 4.69) is 5.32 Å². The first-order chi connectivity index (χ1) is 10.5. The molecule has 0 unspecified atom stereocenters. The van der Waals surface area contributed by atoms with Gasteiger partial charge in [0.15, 0.2) is 12.2 Å². The van der Waals surface area contributed by atoms with E-state index >= 15 is 0 Å². The third kappa shape index (κ3) is 5.25. The summed E-state index contributed by atoms with van der Waals surface area (Å²) in [5.74, 6) is -0.222. The number of nitrogens with zero attached hydrogens (tertiary/aromatic N) is 1. The maximum atomic E-state index is 10.8. The van der Waals surface area contributed by atoms with Crippen LogP contribution in [0.1, 0.15) is 17.1 Å². The van der Waals surface area contributed by atoms with Gasteiger partial charge in [-0.3, -0.25) is 4.55 Å². The molecule has 118 valence electrons. The van der Waals surface area contributed by atoms with Crippen LogP contribution < -0.4 is 9.88 Å². The van der Waals surface area contributed by atoms with E-state index < -0.39 is 10.1 Å². The van der Waals surface area contributed by atoms with Crippen LogP contribution in [0, 0.1) is 6.92 Å². The van der Waals surface area contributed by atoms with Gasteiger partial charge in [0, 0.05) is 31.3 Å². The van der Waals surface area contributed by atoms with Crippen molar-refractivity contribution in [3.8, 4) is 0 Å². The third-order valence-corrected chi connectivity index (χ3v) is 4.94. The van der Waals surface area contributed by atoms with E-state index in [1.165, 1.54) is 0 Å². The number of benzene rings is 1. The van der Waals surface area contributed by atoms with Gasteiger partial charge < -0.3 is 5.32 Å². The van der Waals surface area contributed by atoms with Crippen molar-refractivity contribution in [2.75, 3.05) is 11.1 Å². The SMILES string of the molecule is Cc1csc(/C=C/Nc2ccccc2)[n+]1CCCS(=O)(=O)O. The van der Waals surface area contributed by atoms with Gasteiger partial charge in [0.05, 0.1) is 11.1 Å². The molecule has 1 heterocycles. The molecule has 0 aliphatic carbocycles. The molecule has 1 aromatic heterocycles. The van der Waals surface area contributed by atoms with Gasteiger partial charge in [-0.15, -0.1) is 0 Å². The van der Waals surface area contributed by atoms with Crippen LogP contribution in [-0.2, 0) is 16.7 Å². The van der Waals surface area contributed by atoms with Gasteiger partial charge in [-0.25, -0.2) is 0 Å². The Morgan fingerprint density at radius 2 is 2.05 bits per heavy atom. The Hall–Kier alpha value is -1.70. The summed E-state index contributed by atoms with van der Waals surface area (Å²) >= 11 is 1.59. The molecule has 0 bridgehead atoms. The predicted molar refractivity (Wildman–Crippen MR) is 89.4 cm³/mol. The van der Waals surface area contributed by atoms with Crippen LogP contribution in [0.4, 0.5) is 5.69 Å². The Kier molecular flexibility index (Phi) is 5.70. The number of para-hydroxylation sites is 1. The monoisotopic (exact) mass is 339 g/mol. The second-order valence-electron chi connectivity index (χ2n) is 4.85. The van der Waals surface area contributed by atoms with Crippen molar-refractivity contribution in [3.05, 3.63) is 52.6 Å². The Morgan fingerprint density at radius 1 is 1.32 bits per heavy atom. The summed E-state index contributed by atoms with van der Waals surface area (Å²) in [5.41, 5.74) is 2.07. The smallest absolute Gasteiger partial charge is 0.265 e. The predicted octanol–water partition coefficient (Wildman–Crippen LogP) is 2.70. The minimum Gasteiger partial charge on any atom is -0.361 e. The summed E-state index contributed by atoms with van der Waals surface area (Å²) in [6, 6.07) is 9.83. The number of aryl methyl sites for hydroxylation is 1. The first-order valence-electron chi connectivity index (χ1n) is 6.87. The van der Waals surface area contributed by atoms with Crippen molar-refractivity contribution in [1.82, 2.24) is 0 Å². The van der Waals surface area contributed by atoms with E-state index in [9.17, 15) is 8.42 Å². The summed E-state index contributed by atoms with van der Waals surface area (Å²) in [5, 5.41) is 6.23. The number of hydrogen-bond donors (Lipinski definition) is 2. The first-order valence-corrected chi connectivity index (χ1v) is 9.36. The van der Waals surface area contributed by atoms with Gasteiger partial charge in [0.25, 0.3) is 15.1 Å². The molecule has 0 radical (unpaired) electrons. The van der Waals surface area contributed by atoms with Gasteiger partial charge in [-0.1, -0.05) is 29.5 Å². The normalized spacial score (nSPS) is 11.9. The minimum absolute atomic E-state index is 0.222. The maximum absolute atomic E-state index is 10.8. The largest absolute Gasteiger partial charge is 0.361 e. The number of thiazole rings is 1. The van der Waals surface area contributed by atoms with Crippen LogP contribution in [0.2, 0.25) is 0 Å². The number of rotatable bonds is 7. The lowest BCUT2D eigenvalue weighted by Crippen LogP contribution is -2.38. The van der Waals surface area contributed by atoms with Crippen molar-refractivity contribution in [2.24, 2.45) is 0 Å². The summed E-state index contributed by atoms with van der Waals surface area (Å²) in [7, 11) is -3.90. The average molecular weight is 339 g/mol. The standard InChI is InChI=1S/C15H18N2O3S2/c1-13-12-21-15(17(13)10-5-11-22(18,19)20)8-9-16-14-6-3-2-4-7-14/h2-4,6-9,12H,5,10-11H2,1H3,(H,18,19,20)/p+1. The van der Waals surface area contributed by atoms with Crippen molar-refractivity contribution in [1.29, 1.82) is 0 Å². The molecule has 0 amide bonds. The van der Waals surface area contributed by atoms with Gasteiger partial charge in [0.2, 0.25) is 0 Å². The van der Waals surface area contributed by atoms with Gasteiger partial charge in [0.1, 0.15) is 0 Å². The molecule has 0 spiro atoms. The van der Waals surface area contributed by atoms with Gasteiger partial charge in [-0.2, -0.15) is 13.0 Å². The highest BCUT2D eigenvalue weighted by molar-refractivity contribution is 7.85. The average Bonchev–Trinajstić information content (AvgIpc) is 2.80. The highest BCUT2D eigenvalue weighted by Gasteiger charge is 2.16. The minimum atomic E-state index is -3.90. The topological polar surface area (TPSA) is 70.3 Å². The lowest BCUT2D eigenvalue weighted by atomic mass is 10.3. The van der Waals surface area contributed by atoms with E-state index in [-0.39, 0.29) is 5.75 Å². The number of aromatic nitrogens is 1. The van der Waals surface area contributed by atoms with Gasteiger partial charge >= 0.3 is 0 Å². The molecular weight excluding hydrogens is 320 g/mol. The molecular formula is C15H19N2O3S2+. The van der Waals surface area contributed by atoms with E-state index in [0.717, 1.165) is 16.4 Å². The molecule has 22 heavy (non-hydrogen) atoms. The van der Waals surface area contributed by atoms with Crippen molar-refractivity contribution < 1.29 is 17.5 Å². The highest BCUT2D eigenvalue weighted by atomic mass is 32.2. The van der Waals surface area contributed by atoms with Crippen LogP contribution >= 0.6 is 11.3 Å². The summed E-state index contributed by atoms with van der Waals surface area (Å²) < 4.78 is 32.4. The van der Waals surface area contributed by atoms with Crippen molar-refractivity contribution in [3.63, 3.8) is 0 Å². The van der Waals surface area contributed by atoms with Gasteiger partial charge in [-0.05, 0) is 12.1 Å². The molecule has 1 aromatic carbocycles. The summed E-state index contributed by atoms with van der Waals surface area (Å²) in [6.45, 7) is 2.53. The molecule has 0 atom stereocenters. The third-order valence-electron chi connectivity index (χ3n) is 3.08. The summed E-state index contributed by atoms with van der Waals surface area (Å²) in [6.07, 6.45) is 4.20. The molecule has 7 heteroatoms. The van der Waals surface area contributed by atoms with E-state index in [1.807, 2.05) is 59.5 Å². The molecule has 0 aliphatic rings. The second-order valence-corrected chi connectivity index (χ2v) is 7.31. The molecule has 2 aromatic rings. The quantitative estimate of drug-likeness (QED) is 0.601. The first kappa shape index (κ1) is 16.7.